The molecule has 0 aliphatic heterocycles. The van der Waals surface area contributed by atoms with E-state index < -0.39 is 10.0 Å². The van der Waals surface area contributed by atoms with E-state index in [1.165, 1.54) is 27.8 Å². The number of rotatable bonds is 7. The minimum absolute atomic E-state index is 0.0969. The Morgan fingerprint density at radius 1 is 1.38 bits per heavy atom. The quantitative estimate of drug-likeness (QED) is 0.768. The maximum Gasteiger partial charge on any atom is 0.251 e. The zero-order valence-corrected chi connectivity index (χ0v) is 15.2. The predicted molar refractivity (Wildman–Crippen MR) is 96.7 cm³/mol. The molecule has 1 amide bonds. The first-order chi connectivity index (χ1) is 11.4. The maximum absolute atomic E-state index is 12.8. The van der Waals surface area contributed by atoms with Crippen molar-refractivity contribution in [3.05, 3.63) is 64.9 Å². The summed E-state index contributed by atoms with van der Waals surface area (Å²) in [5, 5.41) is 4.55. The van der Waals surface area contributed by atoms with Gasteiger partial charge < -0.3 is 5.32 Å². The number of carbonyl (C=O) groups is 1. The van der Waals surface area contributed by atoms with Crippen LogP contribution in [0.1, 0.15) is 28.2 Å². The number of sulfonamides is 1. The Balaban J connectivity index is 2.29. The van der Waals surface area contributed by atoms with Crippen molar-refractivity contribution in [3.8, 4) is 0 Å². The van der Waals surface area contributed by atoms with Crippen LogP contribution in [0.5, 0.6) is 0 Å². The third-order valence-corrected chi connectivity index (χ3v) is 6.65. The molecule has 1 aromatic heterocycles. The van der Waals surface area contributed by atoms with E-state index in [1.807, 2.05) is 24.4 Å². The summed E-state index contributed by atoms with van der Waals surface area (Å²) in [4.78, 5) is 13.1. The molecule has 0 radical (unpaired) electrons. The van der Waals surface area contributed by atoms with Crippen molar-refractivity contribution < 1.29 is 13.2 Å². The van der Waals surface area contributed by atoms with Gasteiger partial charge in [-0.3, -0.25) is 4.79 Å². The standard InChI is InChI=1S/C17H20N2O3S2/c1-4-10-18-17(20)14-7-5-8-15(12-14)24(21,22)19(3)13(2)16-9-6-11-23-16/h4-9,11-13H,1,10H2,2-3H3,(H,18,20). The Bertz CT molecular complexity index is 814. The number of hydrogen-bond acceptors (Lipinski definition) is 4. The van der Waals surface area contributed by atoms with Crippen LogP contribution in [0.15, 0.2) is 59.3 Å². The van der Waals surface area contributed by atoms with Crippen LogP contribution >= 0.6 is 11.3 Å². The van der Waals surface area contributed by atoms with Crippen LogP contribution in [-0.2, 0) is 10.0 Å². The smallest absolute Gasteiger partial charge is 0.251 e. The molecule has 1 N–H and O–H groups in total. The third-order valence-electron chi connectivity index (χ3n) is 3.68. The third kappa shape index (κ3) is 3.92. The highest BCUT2D eigenvalue weighted by Crippen LogP contribution is 2.28. The van der Waals surface area contributed by atoms with Gasteiger partial charge in [0.2, 0.25) is 10.0 Å². The number of benzene rings is 1. The largest absolute Gasteiger partial charge is 0.349 e. The Morgan fingerprint density at radius 3 is 2.75 bits per heavy atom. The molecule has 0 bridgehead atoms. The molecule has 5 nitrogen and oxygen atoms in total. The number of nitrogens with zero attached hydrogens (tertiary/aromatic N) is 1. The van der Waals surface area contributed by atoms with E-state index in [1.54, 1.807) is 25.3 Å². The van der Waals surface area contributed by atoms with Gasteiger partial charge >= 0.3 is 0 Å². The topological polar surface area (TPSA) is 66.5 Å². The van der Waals surface area contributed by atoms with E-state index >= 15 is 0 Å². The maximum atomic E-state index is 12.8. The number of hydrogen-bond donors (Lipinski definition) is 1. The fourth-order valence-electron chi connectivity index (χ4n) is 2.15. The van der Waals surface area contributed by atoms with E-state index in [9.17, 15) is 13.2 Å². The summed E-state index contributed by atoms with van der Waals surface area (Å²) < 4.78 is 27.0. The van der Waals surface area contributed by atoms with Crippen molar-refractivity contribution in [1.82, 2.24) is 9.62 Å². The molecular formula is C17H20N2O3S2. The lowest BCUT2D eigenvalue weighted by Crippen LogP contribution is -2.30. The van der Waals surface area contributed by atoms with Crippen molar-refractivity contribution in [2.24, 2.45) is 0 Å². The molecule has 1 heterocycles. The van der Waals surface area contributed by atoms with Gasteiger partial charge in [-0.25, -0.2) is 8.42 Å². The lowest BCUT2D eigenvalue weighted by molar-refractivity contribution is 0.0958. The molecule has 1 aromatic carbocycles. The second-order valence-corrected chi connectivity index (χ2v) is 8.22. The molecule has 0 fully saturated rings. The molecule has 0 saturated carbocycles. The molecule has 0 aliphatic rings. The number of nitrogens with one attached hydrogen (secondary N) is 1. The van der Waals surface area contributed by atoms with Gasteiger partial charge in [0.1, 0.15) is 0 Å². The van der Waals surface area contributed by atoms with Gasteiger partial charge in [0.05, 0.1) is 10.9 Å². The van der Waals surface area contributed by atoms with Gasteiger partial charge in [-0.2, -0.15) is 4.31 Å². The average Bonchev–Trinajstić information content (AvgIpc) is 3.13. The molecule has 24 heavy (non-hydrogen) atoms. The molecular weight excluding hydrogens is 344 g/mol. The summed E-state index contributed by atoms with van der Waals surface area (Å²) in [5.41, 5.74) is 0.301. The monoisotopic (exact) mass is 364 g/mol. The van der Waals surface area contributed by atoms with Crippen molar-refractivity contribution in [2.75, 3.05) is 13.6 Å². The molecule has 2 rings (SSSR count). The van der Waals surface area contributed by atoms with Crippen LogP contribution < -0.4 is 5.32 Å². The van der Waals surface area contributed by atoms with E-state index in [2.05, 4.69) is 11.9 Å². The molecule has 1 unspecified atom stereocenters. The molecule has 0 aliphatic carbocycles. The average molecular weight is 364 g/mol. The normalized spacial score (nSPS) is 12.8. The van der Waals surface area contributed by atoms with Gasteiger partial charge in [-0.15, -0.1) is 17.9 Å². The Labute approximate surface area is 146 Å². The lowest BCUT2D eigenvalue weighted by Gasteiger charge is -2.23. The van der Waals surface area contributed by atoms with Crippen molar-refractivity contribution in [3.63, 3.8) is 0 Å². The summed E-state index contributed by atoms with van der Waals surface area (Å²) in [6.45, 7) is 5.70. The fraction of sp³-hybridized carbons (Fsp3) is 0.235. The van der Waals surface area contributed by atoms with Crippen LogP contribution in [-0.4, -0.2) is 32.2 Å². The summed E-state index contributed by atoms with van der Waals surface area (Å²) >= 11 is 1.51. The predicted octanol–water partition coefficient (Wildman–Crippen LogP) is 3.05. The minimum Gasteiger partial charge on any atom is -0.349 e. The second kappa shape index (κ2) is 7.74. The zero-order chi connectivity index (χ0) is 17.7. The first kappa shape index (κ1) is 18.4. The zero-order valence-electron chi connectivity index (χ0n) is 13.6. The van der Waals surface area contributed by atoms with E-state index in [-0.39, 0.29) is 16.8 Å². The SMILES string of the molecule is C=CCNC(=O)c1cccc(S(=O)(=O)N(C)C(C)c2cccs2)c1. The van der Waals surface area contributed by atoms with Crippen LogP contribution in [0.25, 0.3) is 0 Å². The first-order valence-electron chi connectivity index (χ1n) is 7.38. The molecule has 7 heteroatoms. The van der Waals surface area contributed by atoms with E-state index in [0.29, 0.717) is 12.1 Å². The Morgan fingerprint density at radius 2 is 2.12 bits per heavy atom. The Kier molecular flexibility index (Phi) is 5.93. The number of thiophene rings is 1. The fourth-order valence-corrected chi connectivity index (χ4v) is 4.43. The number of carbonyl (C=O) groups excluding carboxylic acids is 1. The highest BCUT2D eigenvalue weighted by molar-refractivity contribution is 7.89. The summed E-state index contributed by atoms with van der Waals surface area (Å²) in [5.74, 6) is -0.332. The highest BCUT2D eigenvalue weighted by Gasteiger charge is 2.27. The second-order valence-electron chi connectivity index (χ2n) is 5.24. The van der Waals surface area contributed by atoms with Gasteiger partial charge in [0.25, 0.3) is 5.91 Å². The first-order valence-corrected chi connectivity index (χ1v) is 9.70. The van der Waals surface area contributed by atoms with E-state index in [4.69, 9.17) is 0 Å². The van der Waals surface area contributed by atoms with Gasteiger partial charge in [-0.05, 0) is 36.6 Å². The molecule has 128 valence electrons. The molecule has 0 saturated heterocycles. The minimum atomic E-state index is -3.70. The number of amides is 1. The molecule has 1 atom stereocenters. The summed E-state index contributed by atoms with van der Waals surface area (Å²) in [7, 11) is -2.16. The van der Waals surface area contributed by atoms with Crippen molar-refractivity contribution >= 4 is 27.3 Å². The van der Waals surface area contributed by atoms with Crippen molar-refractivity contribution in [2.45, 2.75) is 17.9 Å². The van der Waals surface area contributed by atoms with Crippen LogP contribution in [0.3, 0.4) is 0 Å². The molecule has 0 spiro atoms. The van der Waals surface area contributed by atoms with Crippen LogP contribution in [0.2, 0.25) is 0 Å². The van der Waals surface area contributed by atoms with E-state index in [0.717, 1.165) is 4.88 Å². The van der Waals surface area contributed by atoms with Crippen LogP contribution in [0, 0.1) is 0 Å². The summed E-state index contributed by atoms with van der Waals surface area (Å²) in [6.07, 6.45) is 1.56. The lowest BCUT2D eigenvalue weighted by atomic mass is 10.2. The molecule has 2 aromatic rings. The van der Waals surface area contributed by atoms with Gasteiger partial charge in [-0.1, -0.05) is 18.2 Å². The van der Waals surface area contributed by atoms with Crippen LogP contribution in [0.4, 0.5) is 0 Å². The highest BCUT2D eigenvalue weighted by atomic mass is 32.2. The van der Waals surface area contributed by atoms with Gasteiger partial charge in [0, 0.05) is 24.0 Å². The van der Waals surface area contributed by atoms with Crippen molar-refractivity contribution in [1.29, 1.82) is 0 Å². The Hall–Kier alpha value is -1.96. The van der Waals surface area contributed by atoms with Gasteiger partial charge in [0.15, 0.2) is 0 Å². The summed E-state index contributed by atoms with van der Waals surface area (Å²) in [6, 6.07) is 9.55.